The van der Waals surface area contributed by atoms with Crippen LogP contribution >= 0.6 is 0 Å². The zero-order valence-corrected chi connectivity index (χ0v) is 23.9. The lowest BCUT2D eigenvalue weighted by atomic mass is 9.87. The normalized spacial score (nSPS) is 18.7. The van der Waals surface area contributed by atoms with Gasteiger partial charge in [0.2, 0.25) is 18.5 Å². The van der Waals surface area contributed by atoms with Crippen LogP contribution < -0.4 is 5.32 Å². The molecule has 0 saturated carbocycles. The number of unbranched alkanes of at least 4 members (excludes halogenated alkanes) is 1. The maximum atomic E-state index is 12.2. The number of amides is 1. The first-order valence-corrected chi connectivity index (χ1v) is 14.1. The Bertz CT molecular complexity index is 829. The van der Waals surface area contributed by atoms with Crippen LogP contribution in [-0.4, -0.2) is 60.5 Å². The van der Waals surface area contributed by atoms with Crippen LogP contribution in [0, 0.1) is 5.41 Å². The van der Waals surface area contributed by atoms with Gasteiger partial charge in [0.05, 0.1) is 13.2 Å². The zero-order valence-electron chi connectivity index (χ0n) is 23.9. The van der Waals surface area contributed by atoms with Crippen molar-refractivity contribution in [2.24, 2.45) is 5.41 Å². The predicted molar refractivity (Wildman–Crippen MR) is 154 cm³/mol. The molecule has 0 aromatic rings. The molecule has 39 heavy (non-hydrogen) atoms. The highest BCUT2D eigenvalue weighted by Crippen LogP contribution is 2.22. The fourth-order valence-corrected chi connectivity index (χ4v) is 3.30. The number of epoxide rings is 1. The van der Waals surface area contributed by atoms with E-state index in [1.54, 1.807) is 13.8 Å². The van der Waals surface area contributed by atoms with Gasteiger partial charge in [-0.05, 0) is 51.4 Å². The summed E-state index contributed by atoms with van der Waals surface area (Å²) in [6.45, 7) is 6.06. The fourth-order valence-electron chi connectivity index (χ4n) is 3.30. The number of hydrogen-bond donors (Lipinski definition) is 3. The molecule has 1 aliphatic rings. The van der Waals surface area contributed by atoms with Crippen molar-refractivity contribution < 1.29 is 34.0 Å². The molecule has 0 aliphatic carbocycles. The summed E-state index contributed by atoms with van der Waals surface area (Å²) >= 11 is 0. The molecule has 1 heterocycles. The van der Waals surface area contributed by atoms with Crippen molar-refractivity contribution in [2.45, 2.75) is 97.2 Å². The van der Waals surface area contributed by atoms with Gasteiger partial charge >= 0.3 is 5.97 Å². The van der Waals surface area contributed by atoms with Gasteiger partial charge in [-0.2, -0.15) is 0 Å². The number of ether oxygens (including phenoxy) is 3. The van der Waals surface area contributed by atoms with E-state index in [9.17, 15) is 14.7 Å². The Hall–Kier alpha value is -2.52. The van der Waals surface area contributed by atoms with E-state index >= 15 is 0 Å². The Morgan fingerprint density at radius 1 is 0.923 bits per heavy atom. The standard InChI is InChI=1S/C31H49NO7/c1-4-5-6-7-8-9-10-11-12-13-14-15-16-17-18-19-20-22-26(33)38-25-31(2,3)27(34)28(35)32-23-21-24-37-30-29(36)39-30/h5-6,8-9,11-12,14-15,17-18,27,29-30,34,36H,4,7,10,13,16,19-25H2,1-3H3,(H,32,35). The third-order valence-corrected chi connectivity index (χ3v) is 5.84. The van der Waals surface area contributed by atoms with Crippen molar-refractivity contribution in [1.29, 1.82) is 0 Å². The van der Waals surface area contributed by atoms with Crippen LogP contribution in [0.4, 0.5) is 0 Å². The number of carbonyl (C=O) groups is 2. The summed E-state index contributed by atoms with van der Waals surface area (Å²) in [7, 11) is 0. The van der Waals surface area contributed by atoms with Crippen molar-refractivity contribution in [3.8, 4) is 0 Å². The predicted octanol–water partition coefficient (Wildman–Crippen LogP) is 5.04. The van der Waals surface area contributed by atoms with Gasteiger partial charge in [0.1, 0.15) is 6.10 Å². The molecule has 3 unspecified atom stereocenters. The summed E-state index contributed by atoms with van der Waals surface area (Å²) < 4.78 is 15.2. The molecule has 8 heteroatoms. The third-order valence-electron chi connectivity index (χ3n) is 5.84. The van der Waals surface area contributed by atoms with Crippen molar-refractivity contribution in [2.75, 3.05) is 19.8 Å². The van der Waals surface area contributed by atoms with Crippen LogP contribution in [-0.2, 0) is 23.8 Å². The van der Waals surface area contributed by atoms with E-state index in [1.807, 2.05) is 0 Å². The van der Waals surface area contributed by atoms with Gasteiger partial charge in [-0.25, -0.2) is 0 Å². The summed E-state index contributed by atoms with van der Waals surface area (Å²) in [6.07, 6.45) is 25.8. The molecule has 0 radical (unpaired) electrons. The summed E-state index contributed by atoms with van der Waals surface area (Å²) in [4.78, 5) is 24.3. The monoisotopic (exact) mass is 547 g/mol. The minimum absolute atomic E-state index is 0.0535. The molecule has 0 spiro atoms. The lowest BCUT2D eigenvalue weighted by Crippen LogP contribution is -2.46. The second kappa shape index (κ2) is 21.3. The van der Waals surface area contributed by atoms with Crippen LogP contribution in [0.25, 0.3) is 0 Å². The van der Waals surface area contributed by atoms with Gasteiger partial charge in [0.15, 0.2) is 0 Å². The first-order chi connectivity index (χ1) is 18.8. The molecular formula is C31H49NO7. The summed E-state index contributed by atoms with van der Waals surface area (Å²) in [6, 6.07) is 0. The Kier molecular flexibility index (Phi) is 18.9. The second-order valence-corrected chi connectivity index (χ2v) is 10.1. The molecule has 0 bridgehead atoms. The molecule has 1 fully saturated rings. The molecule has 1 aliphatic heterocycles. The van der Waals surface area contributed by atoms with Gasteiger partial charge in [-0.15, -0.1) is 0 Å². The van der Waals surface area contributed by atoms with Crippen molar-refractivity contribution >= 4 is 11.9 Å². The minimum atomic E-state index is -1.32. The molecule has 0 aromatic heterocycles. The first kappa shape index (κ1) is 34.5. The maximum Gasteiger partial charge on any atom is 0.305 e. The number of aliphatic hydroxyl groups is 2. The van der Waals surface area contributed by atoms with Gasteiger partial charge < -0.3 is 29.7 Å². The van der Waals surface area contributed by atoms with Gasteiger partial charge in [-0.3, -0.25) is 9.59 Å². The molecule has 0 aromatic carbocycles. The Morgan fingerprint density at radius 3 is 2.00 bits per heavy atom. The molecule has 1 amide bonds. The van der Waals surface area contributed by atoms with Crippen molar-refractivity contribution in [3.63, 3.8) is 0 Å². The van der Waals surface area contributed by atoms with E-state index in [-0.39, 0.29) is 19.0 Å². The van der Waals surface area contributed by atoms with E-state index < -0.39 is 30.0 Å². The summed E-state index contributed by atoms with van der Waals surface area (Å²) in [5, 5.41) is 22.0. The molecule has 3 atom stereocenters. The number of esters is 1. The fraction of sp³-hybridized carbons (Fsp3) is 0.613. The van der Waals surface area contributed by atoms with E-state index in [4.69, 9.17) is 19.3 Å². The van der Waals surface area contributed by atoms with Gasteiger partial charge in [0.25, 0.3) is 0 Å². The van der Waals surface area contributed by atoms with Crippen molar-refractivity contribution in [3.05, 3.63) is 60.8 Å². The Balaban J connectivity index is 2.06. The SMILES string of the molecule is CCC=CCC=CCC=CCC=CCC=CCCCC(=O)OCC(C)(C)C(O)C(=O)NCCCOC1OC1O. The lowest BCUT2D eigenvalue weighted by Gasteiger charge is -2.29. The first-order valence-electron chi connectivity index (χ1n) is 14.1. The molecule has 1 rings (SSSR count). The van der Waals surface area contributed by atoms with Crippen LogP contribution in [0.2, 0.25) is 0 Å². The smallest absolute Gasteiger partial charge is 0.305 e. The highest BCUT2D eigenvalue weighted by Gasteiger charge is 2.38. The molecular weight excluding hydrogens is 498 g/mol. The van der Waals surface area contributed by atoms with E-state index in [0.29, 0.717) is 26.0 Å². The molecule has 8 nitrogen and oxygen atoms in total. The highest BCUT2D eigenvalue weighted by atomic mass is 16.8. The number of nitrogens with one attached hydrogen (secondary N) is 1. The molecule has 220 valence electrons. The summed E-state index contributed by atoms with van der Waals surface area (Å²) in [5.74, 6) is -0.873. The van der Waals surface area contributed by atoms with E-state index in [2.05, 4.69) is 73.0 Å². The maximum absolute atomic E-state index is 12.2. The van der Waals surface area contributed by atoms with Gasteiger partial charge in [-0.1, -0.05) is 81.5 Å². The third kappa shape index (κ3) is 18.4. The number of aliphatic hydroxyl groups excluding tert-OH is 2. The topological polar surface area (TPSA) is 118 Å². The number of carbonyl (C=O) groups excluding carboxylic acids is 2. The molecule has 1 saturated heterocycles. The number of hydrogen-bond acceptors (Lipinski definition) is 7. The second-order valence-electron chi connectivity index (χ2n) is 10.1. The summed E-state index contributed by atoms with van der Waals surface area (Å²) in [5.41, 5.74) is -0.924. The van der Waals surface area contributed by atoms with Crippen LogP contribution in [0.3, 0.4) is 0 Å². The Morgan fingerprint density at radius 2 is 1.46 bits per heavy atom. The van der Waals surface area contributed by atoms with Crippen LogP contribution in [0.5, 0.6) is 0 Å². The van der Waals surface area contributed by atoms with Gasteiger partial charge in [0, 0.05) is 18.4 Å². The lowest BCUT2D eigenvalue weighted by molar-refractivity contribution is -0.153. The van der Waals surface area contributed by atoms with Crippen LogP contribution in [0.15, 0.2) is 60.8 Å². The largest absolute Gasteiger partial charge is 0.465 e. The average molecular weight is 548 g/mol. The number of allylic oxidation sites excluding steroid dienone is 10. The average Bonchev–Trinajstić information content (AvgIpc) is 3.62. The van der Waals surface area contributed by atoms with Crippen molar-refractivity contribution in [1.82, 2.24) is 5.32 Å². The van der Waals surface area contributed by atoms with Crippen LogP contribution in [0.1, 0.15) is 78.6 Å². The highest BCUT2D eigenvalue weighted by molar-refractivity contribution is 5.81. The Labute approximate surface area is 234 Å². The van der Waals surface area contributed by atoms with E-state index in [0.717, 1.165) is 38.5 Å². The minimum Gasteiger partial charge on any atom is -0.465 e. The quantitative estimate of drug-likeness (QED) is 0.0753. The zero-order chi connectivity index (χ0) is 28.8. The number of rotatable bonds is 22. The van der Waals surface area contributed by atoms with E-state index in [1.165, 1.54) is 0 Å². The molecule has 3 N–H and O–H groups in total.